The van der Waals surface area contributed by atoms with Gasteiger partial charge in [-0.1, -0.05) is 0 Å². The Morgan fingerprint density at radius 1 is 1.25 bits per heavy atom. The van der Waals surface area contributed by atoms with Gasteiger partial charge in [0.1, 0.15) is 0 Å². The molecule has 20 heavy (non-hydrogen) atoms. The second-order valence-electron chi connectivity index (χ2n) is 4.82. The molecule has 2 aromatic rings. The molecule has 0 aliphatic rings. The van der Waals surface area contributed by atoms with E-state index in [0.29, 0.717) is 11.3 Å². The summed E-state index contributed by atoms with van der Waals surface area (Å²) in [6.45, 7) is 5.54. The van der Waals surface area contributed by atoms with E-state index in [9.17, 15) is 8.42 Å². The predicted octanol–water partition coefficient (Wildman–Crippen LogP) is 2.27. The van der Waals surface area contributed by atoms with Gasteiger partial charge in [0.2, 0.25) is 10.0 Å². The molecule has 3 N–H and O–H groups in total. The van der Waals surface area contributed by atoms with Crippen molar-refractivity contribution in [2.45, 2.75) is 32.2 Å². The van der Waals surface area contributed by atoms with Gasteiger partial charge in [0.25, 0.3) is 0 Å². The Bertz CT molecular complexity index is 693. The fourth-order valence-electron chi connectivity index (χ4n) is 2.09. The first-order valence-corrected chi connectivity index (χ1v) is 7.68. The third-order valence-corrected chi connectivity index (χ3v) is 5.07. The maximum Gasteiger partial charge on any atom is 0.241 e. The number of nitrogens with two attached hydrogens (primary N) is 1. The molecule has 0 radical (unpaired) electrons. The number of anilines is 1. The maximum atomic E-state index is 12.5. The van der Waals surface area contributed by atoms with Crippen LogP contribution < -0.4 is 10.5 Å². The van der Waals surface area contributed by atoms with Crippen LogP contribution >= 0.6 is 0 Å². The van der Waals surface area contributed by atoms with Crippen molar-refractivity contribution in [3.05, 3.63) is 46.9 Å². The average Bonchev–Trinajstić information content (AvgIpc) is 2.87. The summed E-state index contributed by atoms with van der Waals surface area (Å²) in [6, 6.07) is 3.51. The van der Waals surface area contributed by atoms with Crippen molar-refractivity contribution in [3.8, 4) is 0 Å². The molecule has 1 aromatic carbocycles. The van der Waals surface area contributed by atoms with Gasteiger partial charge < -0.3 is 10.2 Å². The molecule has 1 aromatic heterocycles. The van der Waals surface area contributed by atoms with Gasteiger partial charge in [0.15, 0.2) is 0 Å². The molecule has 0 saturated heterocycles. The standard InChI is InChI=1S/C14H18N2O3S/c1-9-6-13(15)11(3)14(10(9)2)20(17,18)16-7-12-4-5-19-8-12/h4-6,8,16H,7,15H2,1-3H3. The van der Waals surface area contributed by atoms with Gasteiger partial charge in [0, 0.05) is 17.8 Å². The van der Waals surface area contributed by atoms with Crippen LogP contribution in [0.1, 0.15) is 22.3 Å². The number of hydrogen-bond acceptors (Lipinski definition) is 4. The molecule has 0 atom stereocenters. The lowest BCUT2D eigenvalue weighted by atomic mass is 10.1. The lowest BCUT2D eigenvalue weighted by Crippen LogP contribution is -2.25. The van der Waals surface area contributed by atoms with Crippen LogP contribution in [-0.2, 0) is 16.6 Å². The summed E-state index contributed by atoms with van der Waals surface area (Å²) in [6.07, 6.45) is 3.01. The molecule has 0 spiro atoms. The molecule has 0 fully saturated rings. The maximum absolute atomic E-state index is 12.5. The zero-order chi connectivity index (χ0) is 14.9. The minimum atomic E-state index is -3.61. The smallest absolute Gasteiger partial charge is 0.241 e. The first-order valence-electron chi connectivity index (χ1n) is 6.20. The van der Waals surface area contributed by atoms with E-state index in [0.717, 1.165) is 16.7 Å². The van der Waals surface area contributed by atoms with E-state index in [2.05, 4.69) is 4.72 Å². The van der Waals surface area contributed by atoms with Gasteiger partial charge >= 0.3 is 0 Å². The predicted molar refractivity (Wildman–Crippen MR) is 77.8 cm³/mol. The van der Waals surface area contributed by atoms with E-state index in [4.69, 9.17) is 10.2 Å². The topological polar surface area (TPSA) is 85.3 Å². The van der Waals surface area contributed by atoms with Gasteiger partial charge in [-0.05, 0) is 49.6 Å². The molecule has 0 amide bonds. The number of aryl methyl sites for hydroxylation is 1. The van der Waals surface area contributed by atoms with E-state index in [-0.39, 0.29) is 11.4 Å². The van der Waals surface area contributed by atoms with Gasteiger partial charge in [-0.3, -0.25) is 0 Å². The zero-order valence-electron chi connectivity index (χ0n) is 11.7. The Labute approximate surface area is 118 Å². The van der Waals surface area contributed by atoms with Crippen LogP contribution in [0.2, 0.25) is 0 Å². The van der Waals surface area contributed by atoms with Crippen LogP contribution in [0.25, 0.3) is 0 Å². The molecule has 0 unspecified atom stereocenters. The molecule has 0 aliphatic carbocycles. The second kappa shape index (κ2) is 5.30. The fourth-order valence-corrected chi connectivity index (χ4v) is 3.67. The third kappa shape index (κ3) is 2.71. The number of sulfonamides is 1. The van der Waals surface area contributed by atoms with E-state index >= 15 is 0 Å². The molecular formula is C14H18N2O3S. The van der Waals surface area contributed by atoms with Crippen molar-refractivity contribution in [2.75, 3.05) is 5.73 Å². The zero-order valence-corrected chi connectivity index (χ0v) is 12.5. The number of hydrogen-bond donors (Lipinski definition) is 2. The van der Waals surface area contributed by atoms with Crippen molar-refractivity contribution in [1.82, 2.24) is 4.72 Å². The normalized spacial score (nSPS) is 11.8. The molecule has 5 nitrogen and oxygen atoms in total. The van der Waals surface area contributed by atoms with Gasteiger partial charge in [-0.25, -0.2) is 13.1 Å². The first-order chi connectivity index (χ1) is 9.33. The van der Waals surface area contributed by atoms with Gasteiger partial charge in [-0.15, -0.1) is 0 Å². The largest absolute Gasteiger partial charge is 0.472 e. The van der Waals surface area contributed by atoms with E-state index < -0.39 is 10.0 Å². The minimum Gasteiger partial charge on any atom is -0.472 e. The second-order valence-corrected chi connectivity index (χ2v) is 6.52. The van der Waals surface area contributed by atoms with E-state index in [1.54, 1.807) is 26.0 Å². The summed E-state index contributed by atoms with van der Waals surface area (Å²) in [5, 5.41) is 0. The highest BCUT2D eigenvalue weighted by Gasteiger charge is 2.22. The number of benzene rings is 1. The van der Waals surface area contributed by atoms with Crippen LogP contribution in [0.5, 0.6) is 0 Å². The highest BCUT2D eigenvalue weighted by atomic mass is 32.2. The molecule has 0 saturated carbocycles. The number of nitrogen functional groups attached to an aromatic ring is 1. The van der Waals surface area contributed by atoms with Crippen molar-refractivity contribution in [3.63, 3.8) is 0 Å². The van der Waals surface area contributed by atoms with E-state index in [1.807, 2.05) is 6.92 Å². The highest BCUT2D eigenvalue weighted by Crippen LogP contribution is 2.27. The Morgan fingerprint density at radius 2 is 1.95 bits per heavy atom. The minimum absolute atomic E-state index is 0.186. The summed E-state index contributed by atoms with van der Waals surface area (Å²) >= 11 is 0. The monoisotopic (exact) mass is 294 g/mol. The summed E-state index contributed by atoms with van der Waals surface area (Å²) in [5.74, 6) is 0. The molecule has 0 aliphatic heterocycles. The van der Waals surface area contributed by atoms with Crippen molar-refractivity contribution in [1.29, 1.82) is 0 Å². The van der Waals surface area contributed by atoms with Crippen molar-refractivity contribution < 1.29 is 12.8 Å². The quantitative estimate of drug-likeness (QED) is 0.847. The van der Waals surface area contributed by atoms with Crippen LogP contribution in [0.4, 0.5) is 5.69 Å². The van der Waals surface area contributed by atoms with Crippen LogP contribution in [-0.4, -0.2) is 8.42 Å². The first kappa shape index (κ1) is 14.6. The fraction of sp³-hybridized carbons (Fsp3) is 0.286. The average molecular weight is 294 g/mol. The van der Waals surface area contributed by atoms with Gasteiger partial charge in [-0.2, -0.15) is 0 Å². The van der Waals surface area contributed by atoms with Gasteiger partial charge in [0.05, 0.1) is 17.4 Å². The summed E-state index contributed by atoms with van der Waals surface area (Å²) in [5.41, 5.74) is 9.28. The molecule has 1 heterocycles. The lowest BCUT2D eigenvalue weighted by molar-refractivity contribution is 0.561. The Balaban J connectivity index is 2.39. The Kier molecular flexibility index (Phi) is 3.87. The van der Waals surface area contributed by atoms with Crippen LogP contribution in [0.3, 0.4) is 0 Å². The molecular weight excluding hydrogens is 276 g/mol. The summed E-state index contributed by atoms with van der Waals surface area (Å²) in [4.78, 5) is 0.262. The van der Waals surface area contributed by atoms with Crippen molar-refractivity contribution in [2.24, 2.45) is 0 Å². The molecule has 108 valence electrons. The molecule has 6 heteroatoms. The SMILES string of the molecule is Cc1cc(N)c(C)c(S(=O)(=O)NCc2ccoc2)c1C. The lowest BCUT2D eigenvalue weighted by Gasteiger charge is -2.15. The van der Waals surface area contributed by atoms with Crippen molar-refractivity contribution >= 4 is 15.7 Å². The third-order valence-electron chi connectivity index (χ3n) is 3.39. The number of rotatable bonds is 4. The van der Waals surface area contributed by atoms with Crippen LogP contribution in [0.15, 0.2) is 34.0 Å². The summed E-state index contributed by atoms with van der Waals surface area (Å²) < 4.78 is 32.4. The number of nitrogens with one attached hydrogen (secondary N) is 1. The molecule has 0 bridgehead atoms. The van der Waals surface area contributed by atoms with Crippen LogP contribution in [0, 0.1) is 20.8 Å². The van der Waals surface area contributed by atoms with E-state index in [1.165, 1.54) is 12.5 Å². The molecule has 2 rings (SSSR count). The Hall–Kier alpha value is -1.79. The Morgan fingerprint density at radius 3 is 2.55 bits per heavy atom. The summed E-state index contributed by atoms with van der Waals surface area (Å²) in [7, 11) is -3.61. The highest BCUT2D eigenvalue weighted by molar-refractivity contribution is 7.89. The number of furan rings is 1.